The van der Waals surface area contributed by atoms with Crippen molar-refractivity contribution in [3.63, 3.8) is 0 Å². The molecule has 0 radical (unpaired) electrons. The first kappa shape index (κ1) is 43.9. The monoisotopic (exact) mass is 818 g/mol. The van der Waals surface area contributed by atoms with Gasteiger partial charge >= 0.3 is 59.1 Å². The summed E-state index contributed by atoms with van der Waals surface area (Å²) >= 11 is 0. The molecule has 0 fully saturated rings. The van der Waals surface area contributed by atoms with Crippen LogP contribution in [0.4, 0.5) is 0 Å². The van der Waals surface area contributed by atoms with Gasteiger partial charge in [-0.25, -0.2) is 16.8 Å². The molecule has 6 aromatic carbocycles. The van der Waals surface area contributed by atoms with E-state index in [1.807, 2.05) is 0 Å². The molecular formula is C38H30Na2O10P2S2. The second kappa shape index (κ2) is 18.4. The molecule has 0 atom stereocenters. The van der Waals surface area contributed by atoms with Crippen LogP contribution < -0.4 is 100 Å². The molecule has 0 aliphatic rings. The fourth-order valence-electron chi connectivity index (χ4n) is 5.75. The summed E-state index contributed by atoms with van der Waals surface area (Å²) in [5, 5.41) is 1.45. The zero-order valence-electron chi connectivity index (χ0n) is 29.2. The molecule has 0 bridgehead atoms. The van der Waals surface area contributed by atoms with E-state index in [0.29, 0.717) is 21.2 Å². The summed E-state index contributed by atoms with van der Waals surface area (Å²) in [4.78, 5) is -1.18. The van der Waals surface area contributed by atoms with E-state index in [2.05, 4.69) is 0 Å². The molecular weight excluding hydrogens is 788 g/mol. The summed E-state index contributed by atoms with van der Waals surface area (Å²) in [6.07, 6.45) is 0. The topological polar surface area (TPSA) is 167 Å². The fourth-order valence-corrected chi connectivity index (χ4v) is 12.5. The van der Waals surface area contributed by atoms with Gasteiger partial charge < -0.3 is 27.7 Å². The largest absolute Gasteiger partial charge is 1.00 e. The van der Waals surface area contributed by atoms with Crippen molar-refractivity contribution in [1.82, 2.24) is 0 Å². The Morgan fingerprint density at radius 2 is 0.685 bits per heavy atom. The molecule has 0 aliphatic carbocycles. The molecule has 54 heavy (non-hydrogen) atoms. The van der Waals surface area contributed by atoms with Gasteiger partial charge in [0.2, 0.25) is 0 Å². The van der Waals surface area contributed by atoms with Crippen LogP contribution >= 0.6 is 14.3 Å². The Labute approximate surface area is 358 Å². The quantitative estimate of drug-likeness (QED) is 0.0564. The zero-order chi connectivity index (χ0) is 37.0. The third-order valence-electron chi connectivity index (χ3n) is 8.19. The molecule has 6 rings (SSSR count). The van der Waals surface area contributed by atoms with E-state index >= 15 is 9.13 Å². The fraction of sp³-hybridized carbons (Fsp3) is 0.0526. The van der Waals surface area contributed by atoms with E-state index < -0.39 is 44.3 Å². The van der Waals surface area contributed by atoms with Crippen molar-refractivity contribution in [3.8, 4) is 11.5 Å². The van der Waals surface area contributed by atoms with Crippen molar-refractivity contribution < 1.29 is 104 Å². The Kier molecular flexibility index (Phi) is 15.0. The van der Waals surface area contributed by atoms with Crippen LogP contribution in [0.5, 0.6) is 11.5 Å². The van der Waals surface area contributed by atoms with Crippen LogP contribution in [-0.2, 0) is 29.4 Å². The van der Waals surface area contributed by atoms with E-state index in [-0.39, 0.29) is 94.4 Å². The number of ether oxygens (including phenoxy) is 2. The number of rotatable bonds is 13. The van der Waals surface area contributed by atoms with Crippen molar-refractivity contribution in [2.24, 2.45) is 0 Å². The second-order valence-corrected chi connectivity index (χ2v) is 19.7. The zero-order valence-corrected chi connectivity index (χ0v) is 36.6. The van der Waals surface area contributed by atoms with E-state index in [0.717, 1.165) is 24.3 Å². The molecule has 10 nitrogen and oxygen atoms in total. The maximum atomic E-state index is 15.2. The molecule has 0 spiro atoms. The second-order valence-electron chi connectivity index (χ2n) is 11.4. The predicted octanol–water partition coefficient (Wildman–Crippen LogP) is -1.76. The van der Waals surface area contributed by atoms with Crippen LogP contribution in [0.3, 0.4) is 0 Å². The van der Waals surface area contributed by atoms with Gasteiger partial charge in [-0.3, -0.25) is 0 Å². The van der Waals surface area contributed by atoms with Gasteiger partial charge in [0.15, 0.2) is 14.3 Å². The third kappa shape index (κ3) is 9.41. The Bertz CT molecular complexity index is 2260. The molecule has 0 saturated heterocycles. The van der Waals surface area contributed by atoms with Crippen molar-refractivity contribution in [2.75, 3.05) is 13.2 Å². The molecule has 0 amide bonds. The van der Waals surface area contributed by atoms with Crippen LogP contribution in [0, 0.1) is 0 Å². The van der Waals surface area contributed by atoms with Gasteiger partial charge in [-0.15, -0.1) is 0 Å². The van der Waals surface area contributed by atoms with Crippen molar-refractivity contribution in [2.45, 2.75) is 9.79 Å². The summed E-state index contributed by atoms with van der Waals surface area (Å²) in [5.41, 5.74) is 0. The SMILES string of the molecule is O=P(c1ccccc1)(c1ccccc1)c1cc(S(=O)(=O)[O-])ccc1OCCOc1ccc(S(=O)(=O)[O-])cc1P(=O)(c1ccccc1)c1ccccc1.[Na+].[Na+]. The summed E-state index contributed by atoms with van der Waals surface area (Å²) in [7, 11) is -17.6. The van der Waals surface area contributed by atoms with Gasteiger partial charge in [0, 0.05) is 21.2 Å². The Morgan fingerprint density at radius 3 is 0.926 bits per heavy atom. The molecule has 16 heteroatoms. The first-order chi connectivity index (χ1) is 24.8. The molecule has 0 N–H and O–H groups in total. The first-order valence-corrected chi connectivity index (χ1v) is 21.9. The Hall–Kier alpha value is -2.80. The van der Waals surface area contributed by atoms with E-state index in [1.165, 1.54) is 12.1 Å². The van der Waals surface area contributed by atoms with Crippen molar-refractivity contribution in [1.29, 1.82) is 0 Å². The molecule has 0 unspecified atom stereocenters. The number of hydrogen-bond donors (Lipinski definition) is 0. The molecule has 266 valence electrons. The molecule has 0 saturated carbocycles. The van der Waals surface area contributed by atoms with Gasteiger partial charge in [-0.1, -0.05) is 121 Å². The normalized spacial score (nSPS) is 11.8. The van der Waals surface area contributed by atoms with Gasteiger partial charge in [0.05, 0.1) is 20.4 Å². The van der Waals surface area contributed by atoms with Gasteiger partial charge in [0.1, 0.15) is 44.9 Å². The summed E-state index contributed by atoms with van der Waals surface area (Å²) in [5.74, 6) is 0.0543. The molecule has 0 aliphatic heterocycles. The average Bonchev–Trinajstić information content (AvgIpc) is 3.16. The maximum Gasteiger partial charge on any atom is 1.00 e. The summed E-state index contributed by atoms with van der Waals surface area (Å²) in [6, 6.07) is 40.4. The molecule has 6 aromatic rings. The average molecular weight is 819 g/mol. The summed E-state index contributed by atoms with van der Waals surface area (Å²) in [6.45, 7) is -0.440. The Morgan fingerprint density at radius 1 is 0.426 bits per heavy atom. The minimum atomic E-state index is -4.95. The van der Waals surface area contributed by atoms with Crippen LogP contribution in [-0.4, -0.2) is 39.2 Å². The van der Waals surface area contributed by atoms with Crippen molar-refractivity contribution >= 4 is 66.3 Å². The van der Waals surface area contributed by atoms with Crippen LogP contribution in [0.15, 0.2) is 168 Å². The third-order valence-corrected chi connectivity index (χ3v) is 16.0. The standard InChI is InChI=1S/C38H32O10P2S2.2Na/c39-49(29-13-5-1-6-14-29,30-15-7-2-8-16-30)37-27-33(51(41,42)43)21-23-35(37)47-25-26-48-36-24-22-34(52(44,45)46)28-38(36)50(40,31-17-9-3-10-18-31)32-19-11-4-12-20-32;;/h1-24,27-28H,25-26H2,(H,41,42,43)(H,44,45,46);;/q;2*+1/p-2. The number of benzene rings is 6. The van der Waals surface area contributed by atoms with E-state index in [4.69, 9.17) is 9.47 Å². The molecule has 0 heterocycles. The summed E-state index contributed by atoms with van der Waals surface area (Å²) < 4.78 is 115. The van der Waals surface area contributed by atoms with E-state index in [9.17, 15) is 25.9 Å². The molecule has 0 aromatic heterocycles. The maximum absolute atomic E-state index is 15.2. The van der Waals surface area contributed by atoms with Gasteiger partial charge in [-0.2, -0.15) is 0 Å². The van der Waals surface area contributed by atoms with E-state index in [1.54, 1.807) is 121 Å². The van der Waals surface area contributed by atoms with Gasteiger partial charge in [0.25, 0.3) is 0 Å². The van der Waals surface area contributed by atoms with Crippen molar-refractivity contribution in [3.05, 3.63) is 158 Å². The van der Waals surface area contributed by atoms with Crippen LogP contribution in [0.25, 0.3) is 0 Å². The van der Waals surface area contributed by atoms with Crippen LogP contribution in [0.2, 0.25) is 0 Å². The smallest absolute Gasteiger partial charge is 0.744 e. The Balaban J connectivity index is 0.00000325. The number of hydrogen-bond acceptors (Lipinski definition) is 10. The first-order valence-electron chi connectivity index (χ1n) is 15.7. The minimum absolute atomic E-state index is 0. The van der Waals surface area contributed by atoms with Gasteiger partial charge in [-0.05, 0) is 36.4 Å². The minimum Gasteiger partial charge on any atom is -0.744 e. The van der Waals surface area contributed by atoms with Crippen LogP contribution in [0.1, 0.15) is 0 Å². The predicted molar refractivity (Wildman–Crippen MR) is 199 cm³/mol.